The van der Waals surface area contributed by atoms with E-state index in [1.807, 2.05) is 34.6 Å². The van der Waals surface area contributed by atoms with Crippen molar-refractivity contribution in [1.29, 1.82) is 0 Å². The fourth-order valence-electron chi connectivity index (χ4n) is 1.58. The summed E-state index contributed by atoms with van der Waals surface area (Å²) < 4.78 is 22.2. The Bertz CT molecular complexity index is 228. The predicted molar refractivity (Wildman–Crippen MR) is 71.3 cm³/mol. The van der Waals surface area contributed by atoms with Crippen molar-refractivity contribution in [2.45, 2.75) is 53.2 Å². The molecule has 6 heteroatoms. The minimum Gasteiger partial charge on any atom is -0.463 e. The average molecular weight is 278 g/mol. The molecule has 0 aromatic rings. The lowest BCUT2D eigenvalue weighted by Crippen LogP contribution is -2.52. The topological polar surface area (TPSA) is 54.0 Å². The predicted octanol–water partition coefficient (Wildman–Crippen LogP) is 2.38. The molecule has 0 heterocycles. The van der Waals surface area contributed by atoms with Crippen LogP contribution in [0.4, 0.5) is 0 Å². The Morgan fingerprint density at radius 3 is 1.61 bits per heavy atom. The summed E-state index contributed by atoms with van der Waals surface area (Å²) in [5, 5.41) is 0. The third-order valence-corrected chi connectivity index (χ3v) is 5.64. The van der Waals surface area contributed by atoms with Crippen molar-refractivity contribution in [3.05, 3.63) is 0 Å². The fraction of sp³-hybridized carbons (Fsp3) is 0.917. The number of carbonyl (C=O) groups excluding carboxylic acids is 1. The standard InChI is InChI=1S/C12H26O5Si/c1-7-14-18(15-8-2,16-9-3)11(6)12(13)17-10(4)5/h10-11H,7-9H2,1-6H3. The van der Waals surface area contributed by atoms with Gasteiger partial charge >= 0.3 is 14.8 Å². The first-order valence-electron chi connectivity index (χ1n) is 6.55. The third-order valence-electron chi connectivity index (χ3n) is 2.27. The molecule has 0 fully saturated rings. The van der Waals surface area contributed by atoms with Gasteiger partial charge in [0.1, 0.15) is 5.54 Å². The first-order chi connectivity index (χ1) is 8.43. The van der Waals surface area contributed by atoms with E-state index in [0.29, 0.717) is 19.8 Å². The highest BCUT2D eigenvalue weighted by Crippen LogP contribution is 2.27. The molecule has 0 radical (unpaired) electrons. The largest absolute Gasteiger partial charge is 0.515 e. The van der Waals surface area contributed by atoms with E-state index in [-0.39, 0.29) is 12.1 Å². The van der Waals surface area contributed by atoms with E-state index in [2.05, 4.69) is 0 Å². The van der Waals surface area contributed by atoms with E-state index in [1.165, 1.54) is 0 Å². The fourth-order valence-corrected chi connectivity index (χ4v) is 4.15. The summed E-state index contributed by atoms with van der Waals surface area (Å²) in [5.74, 6) is -0.327. The Balaban J connectivity index is 4.94. The molecule has 0 aliphatic rings. The summed E-state index contributed by atoms with van der Waals surface area (Å²) >= 11 is 0. The molecule has 18 heavy (non-hydrogen) atoms. The summed E-state index contributed by atoms with van der Waals surface area (Å²) in [4.78, 5) is 12.0. The lowest BCUT2D eigenvalue weighted by Gasteiger charge is -2.32. The van der Waals surface area contributed by atoms with Gasteiger partial charge in [0.2, 0.25) is 0 Å². The number of esters is 1. The number of rotatable bonds is 9. The molecule has 0 aliphatic carbocycles. The van der Waals surface area contributed by atoms with Gasteiger partial charge in [0, 0.05) is 19.8 Å². The molecule has 0 N–H and O–H groups in total. The highest BCUT2D eigenvalue weighted by molar-refractivity contribution is 6.66. The second-order valence-electron chi connectivity index (χ2n) is 4.11. The van der Waals surface area contributed by atoms with Crippen LogP contribution in [0.5, 0.6) is 0 Å². The van der Waals surface area contributed by atoms with Gasteiger partial charge in [0.25, 0.3) is 0 Å². The Kier molecular flexibility index (Phi) is 8.42. The van der Waals surface area contributed by atoms with Crippen LogP contribution >= 0.6 is 0 Å². The molecule has 0 saturated heterocycles. The van der Waals surface area contributed by atoms with Gasteiger partial charge in [0.15, 0.2) is 0 Å². The van der Waals surface area contributed by atoms with E-state index < -0.39 is 14.3 Å². The van der Waals surface area contributed by atoms with Crippen molar-refractivity contribution in [2.24, 2.45) is 0 Å². The molecule has 0 rings (SSSR count). The minimum atomic E-state index is -3.00. The molecule has 0 aromatic carbocycles. The van der Waals surface area contributed by atoms with Gasteiger partial charge in [-0.15, -0.1) is 0 Å². The maximum Gasteiger partial charge on any atom is 0.515 e. The van der Waals surface area contributed by atoms with Crippen molar-refractivity contribution >= 4 is 14.8 Å². The lowest BCUT2D eigenvalue weighted by atomic mass is 10.4. The van der Waals surface area contributed by atoms with Crippen molar-refractivity contribution in [2.75, 3.05) is 19.8 Å². The molecular weight excluding hydrogens is 252 g/mol. The smallest absolute Gasteiger partial charge is 0.463 e. The van der Waals surface area contributed by atoms with E-state index >= 15 is 0 Å². The zero-order chi connectivity index (χ0) is 14.2. The van der Waals surface area contributed by atoms with Crippen molar-refractivity contribution < 1.29 is 22.8 Å². The Hall–Kier alpha value is -0.433. The molecule has 108 valence electrons. The molecule has 5 nitrogen and oxygen atoms in total. The van der Waals surface area contributed by atoms with E-state index in [1.54, 1.807) is 6.92 Å². The van der Waals surface area contributed by atoms with Crippen molar-refractivity contribution in [1.82, 2.24) is 0 Å². The summed E-state index contributed by atoms with van der Waals surface area (Å²) in [6.45, 7) is 12.3. The van der Waals surface area contributed by atoms with Gasteiger partial charge in [-0.05, 0) is 41.5 Å². The maximum atomic E-state index is 12.0. The molecule has 1 atom stereocenters. The number of hydrogen-bond donors (Lipinski definition) is 0. The summed E-state index contributed by atoms with van der Waals surface area (Å²) in [7, 11) is -3.00. The normalized spacial score (nSPS) is 13.7. The Labute approximate surface area is 111 Å². The van der Waals surface area contributed by atoms with Crippen LogP contribution in [0.2, 0.25) is 5.54 Å². The Morgan fingerprint density at radius 1 is 0.944 bits per heavy atom. The highest BCUT2D eigenvalue weighted by Gasteiger charge is 2.51. The van der Waals surface area contributed by atoms with Gasteiger partial charge < -0.3 is 18.0 Å². The summed E-state index contributed by atoms with van der Waals surface area (Å²) in [6.07, 6.45) is -0.156. The lowest BCUT2D eigenvalue weighted by molar-refractivity contribution is -0.148. The van der Waals surface area contributed by atoms with Crippen LogP contribution in [0.25, 0.3) is 0 Å². The zero-order valence-corrected chi connectivity index (χ0v) is 13.3. The zero-order valence-electron chi connectivity index (χ0n) is 12.3. The second kappa shape index (κ2) is 8.63. The molecule has 1 unspecified atom stereocenters. The number of carbonyl (C=O) groups is 1. The van der Waals surface area contributed by atoms with Crippen LogP contribution < -0.4 is 0 Å². The minimum absolute atomic E-state index is 0.156. The van der Waals surface area contributed by atoms with Crippen LogP contribution in [0, 0.1) is 0 Å². The van der Waals surface area contributed by atoms with Crippen LogP contribution in [-0.2, 0) is 22.8 Å². The monoisotopic (exact) mass is 278 g/mol. The van der Waals surface area contributed by atoms with E-state index in [0.717, 1.165) is 0 Å². The molecule has 0 spiro atoms. The molecular formula is C12H26O5Si. The maximum absolute atomic E-state index is 12.0. The van der Waals surface area contributed by atoms with Crippen LogP contribution in [0.15, 0.2) is 0 Å². The highest BCUT2D eigenvalue weighted by atomic mass is 28.4. The molecule has 0 aromatic heterocycles. The van der Waals surface area contributed by atoms with E-state index in [9.17, 15) is 4.79 Å². The van der Waals surface area contributed by atoms with Crippen LogP contribution in [-0.4, -0.2) is 40.7 Å². The molecule has 0 saturated carbocycles. The summed E-state index contributed by atoms with van der Waals surface area (Å²) in [6, 6.07) is 0. The third kappa shape index (κ3) is 5.05. The van der Waals surface area contributed by atoms with Gasteiger partial charge in [0.05, 0.1) is 6.10 Å². The molecule has 0 aliphatic heterocycles. The van der Waals surface area contributed by atoms with Crippen molar-refractivity contribution in [3.8, 4) is 0 Å². The SMILES string of the molecule is CCO[Si](OCC)(OCC)C(C)C(=O)OC(C)C. The van der Waals surface area contributed by atoms with Gasteiger partial charge in [-0.2, -0.15) is 0 Å². The van der Waals surface area contributed by atoms with Gasteiger partial charge in [-0.3, -0.25) is 4.79 Å². The number of ether oxygens (including phenoxy) is 1. The number of hydrogen-bond acceptors (Lipinski definition) is 5. The summed E-state index contributed by atoms with van der Waals surface area (Å²) in [5.41, 5.74) is -0.514. The second-order valence-corrected chi connectivity index (χ2v) is 7.05. The quantitative estimate of drug-likeness (QED) is 0.479. The first-order valence-corrected chi connectivity index (χ1v) is 8.36. The Morgan fingerprint density at radius 2 is 1.33 bits per heavy atom. The van der Waals surface area contributed by atoms with Crippen molar-refractivity contribution in [3.63, 3.8) is 0 Å². The first kappa shape index (κ1) is 17.6. The van der Waals surface area contributed by atoms with E-state index in [4.69, 9.17) is 18.0 Å². The molecule has 0 bridgehead atoms. The van der Waals surface area contributed by atoms with Gasteiger partial charge in [-0.25, -0.2) is 0 Å². The molecule has 0 amide bonds. The van der Waals surface area contributed by atoms with Crippen LogP contribution in [0.3, 0.4) is 0 Å². The van der Waals surface area contributed by atoms with Gasteiger partial charge in [-0.1, -0.05) is 0 Å². The van der Waals surface area contributed by atoms with Crippen LogP contribution in [0.1, 0.15) is 41.5 Å². The average Bonchev–Trinajstić information content (AvgIpc) is 2.28.